The molecule has 5 heteroatoms. The number of benzene rings is 1. The van der Waals surface area contributed by atoms with Crippen molar-refractivity contribution in [2.24, 2.45) is 5.92 Å². The number of epoxide rings is 1. The van der Waals surface area contributed by atoms with E-state index in [0.717, 1.165) is 36.8 Å². The van der Waals surface area contributed by atoms with Gasteiger partial charge in [0.1, 0.15) is 0 Å². The second-order valence-corrected chi connectivity index (χ2v) is 5.53. The number of halogens is 1. The number of carbonyl (C=O) groups excluding carboxylic acids is 1. The van der Waals surface area contributed by atoms with Gasteiger partial charge in [0.15, 0.2) is 6.10 Å². The monoisotopic (exact) mass is 280 g/mol. The first-order valence-corrected chi connectivity index (χ1v) is 7.00. The van der Waals surface area contributed by atoms with Crippen molar-refractivity contribution in [2.75, 3.05) is 31.1 Å². The van der Waals surface area contributed by atoms with E-state index in [2.05, 4.69) is 10.2 Å². The van der Waals surface area contributed by atoms with Crippen LogP contribution in [0.2, 0.25) is 5.02 Å². The molecule has 0 aliphatic carbocycles. The molecule has 102 valence electrons. The molecular formula is C14H17ClN2O2. The Morgan fingerprint density at radius 3 is 3.00 bits per heavy atom. The zero-order valence-corrected chi connectivity index (χ0v) is 11.4. The molecule has 2 aliphatic rings. The van der Waals surface area contributed by atoms with Crippen LogP contribution in [0.5, 0.6) is 0 Å². The molecule has 2 heterocycles. The van der Waals surface area contributed by atoms with Gasteiger partial charge in [0, 0.05) is 19.6 Å². The van der Waals surface area contributed by atoms with Crippen molar-refractivity contribution in [3.63, 3.8) is 0 Å². The molecule has 1 amide bonds. The number of hydrogen-bond acceptors (Lipinski definition) is 3. The summed E-state index contributed by atoms with van der Waals surface area (Å²) in [5.41, 5.74) is 1.09. The van der Waals surface area contributed by atoms with Gasteiger partial charge in [0.05, 0.1) is 17.3 Å². The minimum Gasteiger partial charge on any atom is -0.370 e. The highest BCUT2D eigenvalue weighted by atomic mass is 35.5. The van der Waals surface area contributed by atoms with Gasteiger partial charge < -0.3 is 15.0 Å². The summed E-state index contributed by atoms with van der Waals surface area (Å²) in [4.78, 5) is 13.8. The van der Waals surface area contributed by atoms with E-state index in [4.69, 9.17) is 16.3 Å². The highest BCUT2D eigenvalue weighted by Crippen LogP contribution is 2.29. The van der Waals surface area contributed by atoms with Gasteiger partial charge in [-0.15, -0.1) is 0 Å². The Bertz CT molecular complexity index is 476. The third-order valence-corrected chi connectivity index (χ3v) is 3.99. The average molecular weight is 281 g/mol. The molecule has 19 heavy (non-hydrogen) atoms. The maximum absolute atomic E-state index is 11.5. The Morgan fingerprint density at radius 1 is 1.47 bits per heavy atom. The Morgan fingerprint density at radius 2 is 2.26 bits per heavy atom. The van der Waals surface area contributed by atoms with E-state index >= 15 is 0 Å². The smallest absolute Gasteiger partial charge is 0.251 e. The number of nitrogens with zero attached hydrogens (tertiary/aromatic N) is 1. The minimum atomic E-state index is -0.193. The lowest BCUT2D eigenvalue weighted by atomic mass is 10.1. The number of anilines is 1. The van der Waals surface area contributed by atoms with Crippen molar-refractivity contribution < 1.29 is 9.53 Å². The highest BCUT2D eigenvalue weighted by Gasteiger charge is 2.32. The van der Waals surface area contributed by atoms with Crippen molar-refractivity contribution >= 4 is 23.2 Å². The fourth-order valence-electron chi connectivity index (χ4n) is 2.48. The zero-order valence-electron chi connectivity index (χ0n) is 10.6. The molecule has 2 unspecified atom stereocenters. The Hall–Kier alpha value is -1.26. The van der Waals surface area contributed by atoms with Gasteiger partial charge in [-0.1, -0.05) is 23.7 Å². The SMILES string of the molecule is O=C(NCC1CCN(c2ccccc2Cl)C1)C1CO1. The van der Waals surface area contributed by atoms with E-state index in [1.165, 1.54) is 0 Å². The lowest BCUT2D eigenvalue weighted by Gasteiger charge is -2.20. The molecule has 4 nitrogen and oxygen atoms in total. The summed E-state index contributed by atoms with van der Waals surface area (Å²) in [5, 5.41) is 3.74. The van der Waals surface area contributed by atoms with Gasteiger partial charge >= 0.3 is 0 Å². The Labute approximate surface area is 117 Å². The van der Waals surface area contributed by atoms with E-state index in [9.17, 15) is 4.79 Å². The van der Waals surface area contributed by atoms with Gasteiger partial charge in [-0.25, -0.2) is 0 Å². The first-order valence-electron chi connectivity index (χ1n) is 6.63. The summed E-state index contributed by atoms with van der Waals surface area (Å²) in [6, 6.07) is 7.90. The molecule has 2 saturated heterocycles. The first-order chi connectivity index (χ1) is 9.24. The molecule has 1 N–H and O–H groups in total. The van der Waals surface area contributed by atoms with Crippen LogP contribution in [0.3, 0.4) is 0 Å². The first kappa shape index (κ1) is 12.8. The number of para-hydroxylation sites is 1. The largest absolute Gasteiger partial charge is 0.370 e. The van der Waals surface area contributed by atoms with Crippen molar-refractivity contribution in [3.05, 3.63) is 29.3 Å². The van der Waals surface area contributed by atoms with E-state index < -0.39 is 0 Å². The van der Waals surface area contributed by atoms with Crippen molar-refractivity contribution in [1.82, 2.24) is 5.32 Å². The third kappa shape index (κ3) is 3.01. The molecule has 2 atom stereocenters. The van der Waals surface area contributed by atoms with E-state index in [-0.39, 0.29) is 12.0 Å². The normalized spacial score (nSPS) is 25.4. The highest BCUT2D eigenvalue weighted by molar-refractivity contribution is 6.33. The van der Waals surface area contributed by atoms with Crippen LogP contribution in [-0.2, 0) is 9.53 Å². The molecule has 2 fully saturated rings. The predicted octanol–water partition coefficient (Wildman–Crippen LogP) is 1.68. The van der Waals surface area contributed by atoms with Crippen LogP contribution in [-0.4, -0.2) is 38.3 Å². The number of ether oxygens (including phenoxy) is 1. The number of carbonyl (C=O) groups is 1. The van der Waals surface area contributed by atoms with E-state index in [1.807, 2.05) is 24.3 Å². The number of rotatable bonds is 4. The fraction of sp³-hybridized carbons (Fsp3) is 0.500. The van der Waals surface area contributed by atoms with Crippen LogP contribution in [0.25, 0.3) is 0 Å². The van der Waals surface area contributed by atoms with Crippen molar-refractivity contribution in [2.45, 2.75) is 12.5 Å². The lowest BCUT2D eigenvalue weighted by molar-refractivity contribution is -0.122. The predicted molar refractivity (Wildman–Crippen MR) is 74.5 cm³/mol. The van der Waals surface area contributed by atoms with Crippen molar-refractivity contribution in [3.8, 4) is 0 Å². The van der Waals surface area contributed by atoms with Crippen LogP contribution in [0.15, 0.2) is 24.3 Å². The van der Waals surface area contributed by atoms with Gasteiger partial charge in [0.25, 0.3) is 5.91 Å². The lowest BCUT2D eigenvalue weighted by Crippen LogP contribution is -2.33. The molecule has 0 saturated carbocycles. The number of hydrogen-bond donors (Lipinski definition) is 1. The Kier molecular flexibility index (Phi) is 3.62. The summed E-state index contributed by atoms with van der Waals surface area (Å²) in [6.45, 7) is 3.22. The minimum absolute atomic E-state index is 0.0243. The second kappa shape index (κ2) is 5.39. The Balaban J connectivity index is 1.52. The zero-order chi connectivity index (χ0) is 13.2. The molecule has 1 aromatic rings. The molecule has 0 aromatic heterocycles. The maximum Gasteiger partial charge on any atom is 0.251 e. The number of amides is 1. The van der Waals surface area contributed by atoms with Crippen LogP contribution in [0.4, 0.5) is 5.69 Å². The van der Waals surface area contributed by atoms with Gasteiger partial charge in [-0.3, -0.25) is 4.79 Å². The molecule has 2 aliphatic heterocycles. The second-order valence-electron chi connectivity index (χ2n) is 5.12. The van der Waals surface area contributed by atoms with Crippen LogP contribution in [0, 0.1) is 5.92 Å². The quantitative estimate of drug-likeness (QED) is 0.854. The summed E-state index contributed by atoms with van der Waals surface area (Å²) < 4.78 is 4.95. The summed E-state index contributed by atoms with van der Waals surface area (Å²) >= 11 is 6.20. The van der Waals surface area contributed by atoms with Crippen LogP contribution < -0.4 is 10.2 Å². The molecule has 0 radical (unpaired) electrons. The molecule has 1 aromatic carbocycles. The molecular weight excluding hydrogens is 264 g/mol. The summed E-state index contributed by atoms with van der Waals surface area (Å²) in [6.07, 6.45) is 0.887. The number of nitrogens with one attached hydrogen (secondary N) is 1. The topological polar surface area (TPSA) is 44.9 Å². The summed E-state index contributed by atoms with van der Waals surface area (Å²) in [5.74, 6) is 0.509. The standard InChI is InChI=1S/C14H17ClN2O2/c15-11-3-1-2-4-12(11)17-6-5-10(8-17)7-16-14(18)13-9-19-13/h1-4,10,13H,5-9H2,(H,16,18). The third-order valence-electron chi connectivity index (χ3n) is 3.67. The maximum atomic E-state index is 11.5. The fourth-order valence-corrected chi connectivity index (χ4v) is 2.74. The van der Waals surface area contributed by atoms with E-state index in [0.29, 0.717) is 12.5 Å². The molecule has 0 spiro atoms. The molecule has 3 rings (SSSR count). The van der Waals surface area contributed by atoms with Gasteiger partial charge in [-0.05, 0) is 24.5 Å². The van der Waals surface area contributed by atoms with Crippen LogP contribution in [0.1, 0.15) is 6.42 Å². The average Bonchev–Trinajstić information content (AvgIpc) is 3.16. The van der Waals surface area contributed by atoms with Crippen molar-refractivity contribution in [1.29, 1.82) is 0 Å². The molecule has 0 bridgehead atoms. The van der Waals surface area contributed by atoms with E-state index in [1.54, 1.807) is 0 Å². The summed E-state index contributed by atoms with van der Waals surface area (Å²) in [7, 11) is 0. The van der Waals surface area contributed by atoms with Gasteiger partial charge in [-0.2, -0.15) is 0 Å². The van der Waals surface area contributed by atoms with Gasteiger partial charge in [0.2, 0.25) is 0 Å². The van der Waals surface area contributed by atoms with Crippen LogP contribution >= 0.6 is 11.6 Å².